The first-order chi connectivity index (χ1) is 12.0. The van der Waals surface area contributed by atoms with Gasteiger partial charge in [-0.3, -0.25) is 0 Å². The van der Waals surface area contributed by atoms with Crippen LogP contribution >= 0.6 is 0 Å². The zero-order chi connectivity index (χ0) is 18.2. The molecule has 7 nitrogen and oxygen atoms in total. The molecule has 2 aromatic rings. The summed E-state index contributed by atoms with van der Waals surface area (Å²) in [5.74, 6) is 1.34. The highest BCUT2D eigenvalue weighted by Crippen LogP contribution is 2.13. The van der Waals surface area contributed by atoms with E-state index in [0.29, 0.717) is 19.0 Å². The van der Waals surface area contributed by atoms with Crippen LogP contribution in [0.2, 0.25) is 0 Å². The number of nitrogens with zero attached hydrogens (tertiary/aromatic N) is 2. The van der Waals surface area contributed by atoms with E-state index in [-0.39, 0.29) is 6.03 Å². The first-order valence-electron chi connectivity index (χ1n) is 8.43. The number of urea groups is 1. The van der Waals surface area contributed by atoms with E-state index in [4.69, 9.17) is 0 Å². The van der Waals surface area contributed by atoms with Crippen molar-refractivity contribution in [1.82, 2.24) is 15.3 Å². The van der Waals surface area contributed by atoms with Gasteiger partial charge in [0, 0.05) is 37.1 Å². The molecule has 2 amide bonds. The number of amides is 2. The van der Waals surface area contributed by atoms with E-state index in [1.807, 2.05) is 52.0 Å². The minimum atomic E-state index is -0.225. The second-order valence-electron chi connectivity index (χ2n) is 5.86. The van der Waals surface area contributed by atoms with Crippen molar-refractivity contribution in [3.05, 3.63) is 41.1 Å². The number of rotatable bonds is 7. The summed E-state index contributed by atoms with van der Waals surface area (Å²) in [6.45, 7) is 9.80. The zero-order valence-electron chi connectivity index (χ0n) is 15.2. The van der Waals surface area contributed by atoms with Crippen molar-refractivity contribution in [2.24, 2.45) is 0 Å². The van der Waals surface area contributed by atoms with Crippen LogP contribution in [0.1, 0.15) is 23.7 Å². The van der Waals surface area contributed by atoms with Crippen LogP contribution in [0.5, 0.6) is 0 Å². The van der Waals surface area contributed by atoms with Crippen molar-refractivity contribution >= 4 is 23.5 Å². The summed E-state index contributed by atoms with van der Waals surface area (Å²) in [7, 11) is 0. The molecule has 7 heteroatoms. The van der Waals surface area contributed by atoms with Gasteiger partial charge in [-0.1, -0.05) is 6.07 Å². The van der Waals surface area contributed by atoms with Gasteiger partial charge in [-0.25, -0.2) is 9.78 Å². The predicted molar refractivity (Wildman–Crippen MR) is 102 cm³/mol. The summed E-state index contributed by atoms with van der Waals surface area (Å²) in [6.07, 6.45) is 0. The van der Waals surface area contributed by atoms with Crippen molar-refractivity contribution in [1.29, 1.82) is 0 Å². The molecule has 1 aromatic carbocycles. The highest BCUT2D eigenvalue weighted by molar-refractivity contribution is 5.89. The molecular weight excluding hydrogens is 316 g/mol. The monoisotopic (exact) mass is 342 g/mol. The predicted octanol–water partition coefficient (Wildman–Crippen LogP) is 3.07. The second-order valence-corrected chi connectivity index (χ2v) is 5.86. The topological polar surface area (TPSA) is 91.0 Å². The van der Waals surface area contributed by atoms with E-state index < -0.39 is 0 Å². The summed E-state index contributed by atoms with van der Waals surface area (Å²) >= 11 is 0. The molecule has 134 valence electrons. The molecule has 0 bridgehead atoms. The van der Waals surface area contributed by atoms with Gasteiger partial charge in [-0.15, -0.1) is 0 Å². The average Bonchev–Trinajstić information content (AvgIpc) is 2.55. The van der Waals surface area contributed by atoms with Crippen LogP contribution in [0, 0.1) is 20.8 Å². The molecule has 2 rings (SSSR count). The van der Waals surface area contributed by atoms with Crippen LogP contribution < -0.4 is 21.3 Å². The number of benzene rings is 1. The van der Waals surface area contributed by atoms with Crippen molar-refractivity contribution in [3.8, 4) is 0 Å². The molecule has 0 aliphatic carbocycles. The standard InChI is InChI=1S/C18H26N6O/c1-5-19-17-22-14(4)11-16(24-17)20-8-9-21-18(25)23-15-7-6-12(2)13(3)10-15/h6-7,10-11H,5,8-9H2,1-4H3,(H2,21,23,25)(H2,19,20,22,24). The molecule has 0 spiro atoms. The molecular formula is C18H26N6O. The molecule has 25 heavy (non-hydrogen) atoms. The van der Waals surface area contributed by atoms with E-state index >= 15 is 0 Å². The van der Waals surface area contributed by atoms with Gasteiger partial charge in [0.25, 0.3) is 0 Å². The minimum Gasteiger partial charge on any atom is -0.368 e. The number of nitrogens with one attached hydrogen (secondary N) is 4. The summed E-state index contributed by atoms with van der Waals surface area (Å²) in [4.78, 5) is 20.6. The molecule has 1 aromatic heterocycles. The van der Waals surface area contributed by atoms with E-state index in [2.05, 4.69) is 31.2 Å². The molecule has 0 aliphatic heterocycles. The fraction of sp³-hybridized carbons (Fsp3) is 0.389. The number of aryl methyl sites for hydroxylation is 3. The van der Waals surface area contributed by atoms with Crippen molar-refractivity contribution in [2.45, 2.75) is 27.7 Å². The highest BCUT2D eigenvalue weighted by Gasteiger charge is 2.04. The maximum absolute atomic E-state index is 11.9. The Morgan fingerprint density at radius 3 is 2.52 bits per heavy atom. The Bertz CT molecular complexity index is 732. The maximum Gasteiger partial charge on any atom is 0.319 e. The van der Waals surface area contributed by atoms with Gasteiger partial charge in [0.1, 0.15) is 5.82 Å². The van der Waals surface area contributed by atoms with Crippen LogP contribution in [0.15, 0.2) is 24.3 Å². The van der Waals surface area contributed by atoms with Crippen molar-refractivity contribution < 1.29 is 4.79 Å². The number of carbonyl (C=O) groups excluding carboxylic acids is 1. The minimum absolute atomic E-state index is 0.225. The number of aromatic nitrogens is 2. The van der Waals surface area contributed by atoms with Gasteiger partial charge in [-0.2, -0.15) is 4.98 Å². The molecule has 0 saturated carbocycles. The van der Waals surface area contributed by atoms with Crippen LogP contribution in [-0.2, 0) is 0 Å². The van der Waals surface area contributed by atoms with E-state index in [0.717, 1.165) is 29.3 Å². The summed E-state index contributed by atoms with van der Waals surface area (Å²) in [5.41, 5.74) is 4.02. The Labute approximate surface area is 148 Å². The second kappa shape index (κ2) is 8.86. The number of anilines is 3. The lowest BCUT2D eigenvalue weighted by atomic mass is 10.1. The zero-order valence-corrected chi connectivity index (χ0v) is 15.2. The first kappa shape index (κ1) is 18.5. The van der Waals surface area contributed by atoms with Crippen molar-refractivity contribution in [3.63, 3.8) is 0 Å². The maximum atomic E-state index is 11.9. The molecule has 0 atom stereocenters. The van der Waals surface area contributed by atoms with Gasteiger partial charge < -0.3 is 21.3 Å². The van der Waals surface area contributed by atoms with Gasteiger partial charge in [0.15, 0.2) is 0 Å². The lowest BCUT2D eigenvalue weighted by Crippen LogP contribution is -2.32. The van der Waals surface area contributed by atoms with E-state index in [1.165, 1.54) is 5.56 Å². The number of carbonyl (C=O) groups is 1. The quantitative estimate of drug-likeness (QED) is 0.581. The molecule has 1 heterocycles. The third kappa shape index (κ3) is 5.95. The first-order valence-corrected chi connectivity index (χ1v) is 8.43. The molecule has 0 fully saturated rings. The van der Waals surface area contributed by atoms with Crippen LogP contribution in [0.3, 0.4) is 0 Å². The molecule has 0 unspecified atom stereocenters. The van der Waals surface area contributed by atoms with Gasteiger partial charge in [0.05, 0.1) is 0 Å². The molecule has 0 aliphatic rings. The molecule has 4 N–H and O–H groups in total. The van der Waals surface area contributed by atoms with E-state index in [9.17, 15) is 4.79 Å². The number of hydrogen-bond donors (Lipinski definition) is 4. The Hall–Kier alpha value is -2.83. The summed E-state index contributed by atoms with van der Waals surface area (Å²) in [5, 5.41) is 11.9. The van der Waals surface area contributed by atoms with Gasteiger partial charge >= 0.3 is 6.03 Å². The SMILES string of the molecule is CCNc1nc(C)cc(NCCNC(=O)Nc2ccc(C)c(C)c2)n1. The normalized spacial score (nSPS) is 10.2. The fourth-order valence-corrected chi connectivity index (χ4v) is 2.26. The Kier molecular flexibility index (Phi) is 6.56. The lowest BCUT2D eigenvalue weighted by molar-refractivity contribution is 0.252. The Morgan fingerprint density at radius 1 is 1.00 bits per heavy atom. The Balaban J connectivity index is 1.77. The van der Waals surface area contributed by atoms with Crippen LogP contribution in [-0.4, -0.2) is 35.6 Å². The molecule has 0 saturated heterocycles. The summed E-state index contributed by atoms with van der Waals surface area (Å²) < 4.78 is 0. The van der Waals surface area contributed by atoms with Crippen molar-refractivity contribution in [2.75, 3.05) is 35.6 Å². The largest absolute Gasteiger partial charge is 0.368 e. The Morgan fingerprint density at radius 2 is 1.80 bits per heavy atom. The lowest BCUT2D eigenvalue weighted by Gasteiger charge is -2.11. The van der Waals surface area contributed by atoms with E-state index in [1.54, 1.807) is 0 Å². The third-order valence-electron chi connectivity index (χ3n) is 3.67. The van der Waals surface area contributed by atoms with Crippen LogP contribution in [0.25, 0.3) is 0 Å². The van der Waals surface area contributed by atoms with Crippen LogP contribution in [0.4, 0.5) is 22.2 Å². The summed E-state index contributed by atoms with van der Waals surface area (Å²) in [6, 6.07) is 7.49. The van der Waals surface area contributed by atoms with Gasteiger partial charge in [-0.05, 0) is 51.0 Å². The highest BCUT2D eigenvalue weighted by atomic mass is 16.2. The fourth-order valence-electron chi connectivity index (χ4n) is 2.26. The third-order valence-corrected chi connectivity index (χ3v) is 3.67. The smallest absolute Gasteiger partial charge is 0.319 e. The molecule has 0 radical (unpaired) electrons. The average molecular weight is 342 g/mol. The number of hydrogen-bond acceptors (Lipinski definition) is 5. The van der Waals surface area contributed by atoms with Gasteiger partial charge in [0.2, 0.25) is 5.95 Å².